The summed E-state index contributed by atoms with van der Waals surface area (Å²) in [4.78, 5) is 4.30. The predicted octanol–water partition coefficient (Wildman–Crippen LogP) is 3.78. The van der Waals surface area contributed by atoms with E-state index in [1.54, 1.807) is 13.1 Å². The van der Waals surface area contributed by atoms with Gasteiger partial charge in [-0.1, -0.05) is 13.8 Å². The molecule has 1 aromatic carbocycles. The lowest BCUT2D eigenvalue weighted by molar-refractivity contribution is 0.0180. The summed E-state index contributed by atoms with van der Waals surface area (Å²) in [7, 11) is 1.77. The molecular formula is C14H18F2N2O. The summed E-state index contributed by atoms with van der Waals surface area (Å²) < 4.78 is 32.9. The molecule has 0 spiro atoms. The number of benzene rings is 1. The van der Waals surface area contributed by atoms with Crippen molar-refractivity contribution in [1.82, 2.24) is 10.3 Å². The van der Waals surface area contributed by atoms with E-state index in [2.05, 4.69) is 10.3 Å². The second kappa shape index (κ2) is 4.89. The number of fused-ring (bicyclic) bond motifs is 1. The van der Waals surface area contributed by atoms with Crippen LogP contribution in [-0.4, -0.2) is 12.0 Å². The molecule has 3 nitrogen and oxygen atoms in total. The minimum Gasteiger partial charge on any atom is -0.440 e. The molecule has 0 aliphatic heterocycles. The average Bonchev–Trinajstić information content (AvgIpc) is 2.70. The quantitative estimate of drug-likeness (QED) is 0.917. The van der Waals surface area contributed by atoms with Crippen LogP contribution in [-0.2, 0) is 12.5 Å². The molecule has 104 valence electrons. The largest absolute Gasteiger partial charge is 0.440 e. The summed E-state index contributed by atoms with van der Waals surface area (Å²) in [5, 5.41) is 2.95. The van der Waals surface area contributed by atoms with E-state index in [4.69, 9.17) is 4.42 Å². The molecule has 1 N–H and O–H groups in total. The summed E-state index contributed by atoms with van der Waals surface area (Å²) in [6.45, 7) is 5.23. The van der Waals surface area contributed by atoms with Crippen molar-refractivity contribution in [3.63, 3.8) is 0 Å². The molecule has 0 saturated carbocycles. The predicted molar refractivity (Wildman–Crippen MR) is 70.4 cm³/mol. The molecule has 0 amide bonds. The molecule has 0 aliphatic carbocycles. The van der Waals surface area contributed by atoms with Gasteiger partial charge in [-0.3, -0.25) is 0 Å². The van der Waals surface area contributed by atoms with Crippen LogP contribution in [0.1, 0.15) is 43.7 Å². The Morgan fingerprint density at radius 3 is 2.58 bits per heavy atom. The standard InChI is InChI=1S/C14H18F2N2O/c1-8(2)13-18-11-6-9(7-17-4)5-10(12(11)19-13)14(3,15)16/h5-6,8,17H,7H2,1-4H3. The van der Waals surface area contributed by atoms with Crippen LogP contribution in [0.25, 0.3) is 11.1 Å². The van der Waals surface area contributed by atoms with Crippen LogP contribution in [0.3, 0.4) is 0 Å². The second-order valence-corrected chi connectivity index (χ2v) is 5.12. The van der Waals surface area contributed by atoms with Gasteiger partial charge in [0.25, 0.3) is 5.92 Å². The molecule has 0 unspecified atom stereocenters. The van der Waals surface area contributed by atoms with E-state index in [0.717, 1.165) is 12.5 Å². The number of hydrogen-bond donors (Lipinski definition) is 1. The van der Waals surface area contributed by atoms with E-state index < -0.39 is 5.92 Å². The first-order chi connectivity index (χ1) is 8.82. The van der Waals surface area contributed by atoms with Gasteiger partial charge in [0.2, 0.25) is 0 Å². The van der Waals surface area contributed by atoms with Crippen LogP contribution in [0.4, 0.5) is 8.78 Å². The van der Waals surface area contributed by atoms with Crippen molar-refractivity contribution < 1.29 is 13.2 Å². The van der Waals surface area contributed by atoms with Gasteiger partial charge in [-0.2, -0.15) is 0 Å². The third kappa shape index (κ3) is 2.76. The van der Waals surface area contributed by atoms with Gasteiger partial charge in [0, 0.05) is 19.4 Å². The molecule has 2 rings (SSSR count). The molecule has 1 heterocycles. The SMILES string of the molecule is CNCc1cc(C(C)(F)F)c2oc(C(C)C)nc2c1. The lowest BCUT2D eigenvalue weighted by atomic mass is 10.0. The molecule has 0 bridgehead atoms. The van der Waals surface area contributed by atoms with Crippen molar-refractivity contribution in [3.8, 4) is 0 Å². The Morgan fingerprint density at radius 2 is 2.05 bits per heavy atom. The lowest BCUT2D eigenvalue weighted by Crippen LogP contribution is -2.10. The number of aromatic nitrogens is 1. The fourth-order valence-corrected chi connectivity index (χ4v) is 1.99. The van der Waals surface area contributed by atoms with Gasteiger partial charge >= 0.3 is 0 Å². The number of rotatable bonds is 4. The van der Waals surface area contributed by atoms with E-state index in [1.165, 1.54) is 6.07 Å². The van der Waals surface area contributed by atoms with Crippen molar-refractivity contribution in [2.24, 2.45) is 0 Å². The summed E-state index contributed by atoms with van der Waals surface area (Å²) in [6, 6.07) is 3.27. The zero-order valence-electron chi connectivity index (χ0n) is 11.6. The molecule has 0 atom stereocenters. The van der Waals surface area contributed by atoms with E-state index in [-0.39, 0.29) is 17.1 Å². The molecule has 0 saturated heterocycles. The summed E-state index contributed by atoms with van der Waals surface area (Å²) >= 11 is 0. The Bertz CT molecular complexity index is 585. The van der Waals surface area contributed by atoms with E-state index in [1.807, 2.05) is 13.8 Å². The van der Waals surface area contributed by atoms with Gasteiger partial charge in [-0.15, -0.1) is 0 Å². The van der Waals surface area contributed by atoms with Crippen molar-refractivity contribution >= 4 is 11.1 Å². The molecule has 0 fully saturated rings. The van der Waals surface area contributed by atoms with Gasteiger partial charge in [-0.25, -0.2) is 13.8 Å². The maximum Gasteiger partial charge on any atom is 0.274 e. The van der Waals surface area contributed by atoms with Crippen molar-refractivity contribution in [3.05, 3.63) is 29.2 Å². The normalized spacial score (nSPS) is 12.6. The van der Waals surface area contributed by atoms with E-state index in [9.17, 15) is 8.78 Å². The fourth-order valence-electron chi connectivity index (χ4n) is 1.99. The molecule has 5 heteroatoms. The smallest absolute Gasteiger partial charge is 0.274 e. The Morgan fingerprint density at radius 1 is 1.37 bits per heavy atom. The number of halogens is 2. The van der Waals surface area contributed by atoms with Crippen LogP contribution in [0.5, 0.6) is 0 Å². The van der Waals surface area contributed by atoms with Gasteiger partial charge in [0.15, 0.2) is 11.5 Å². The van der Waals surface area contributed by atoms with Gasteiger partial charge in [0.1, 0.15) is 5.52 Å². The number of hydrogen-bond acceptors (Lipinski definition) is 3. The third-order valence-electron chi connectivity index (χ3n) is 2.91. The zero-order chi connectivity index (χ0) is 14.2. The number of oxazole rings is 1. The monoisotopic (exact) mass is 268 g/mol. The Labute approximate surface area is 111 Å². The lowest BCUT2D eigenvalue weighted by Gasteiger charge is -2.12. The van der Waals surface area contributed by atoms with Crippen LogP contribution in [0.15, 0.2) is 16.5 Å². The highest BCUT2D eigenvalue weighted by atomic mass is 19.3. The van der Waals surface area contributed by atoms with Crippen LogP contribution >= 0.6 is 0 Å². The Balaban J connectivity index is 2.68. The van der Waals surface area contributed by atoms with Gasteiger partial charge in [0.05, 0.1) is 5.56 Å². The first kappa shape index (κ1) is 13.9. The zero-order valence-corrected chi connectivity index (χ0v) is 11.6. The molecule has 1 aromatic heterocycles. The molecule has 2 aromatic rings. The first-order valence-corrected chi connectivity index (χ1v) is 6.29. The summed E-state index contributed by atoms with van der Waals surface area (Å²) in [5.74, 6) is -2.39. The van der Waals surface area contributed by atoms with Crippen LogP contribution in [0.2, 0.25) is 0 Å². The molecule has 19 heavy (non-hydrogen) atoms. The molecule has 0 aliphatic rings. The van der Waals surface area contributed by atoms with E-state index in [0.29, 0.717) is 18.0 Å². The van der Waals surface area contributed by atoms with Gasteiger partial charge in [-0.05, 0) is 24.7 Å². The summed E-state index contributed by atoms with van der Waals surface area (Å²) in [5.41, 5.74) is 1.36. The highest BCUT2D eigenvalue weighted by Gasteiger charge is 2.30. The highest BCUT2D eigenvalue weighted by Crippen LogP contribution is 2.35. The number of alkyl halides is 2. The average molecular weight is 268 g/mol. The Kier molecular flexibility index (Phi) is 3.58. The topological polar surface area (TPSA) is 38.1 Å². The summed E-state index contributed by atoms with van der Waals surface area (Å²) in [6.07, 6.45) is 0. The van der Waals surface area contributed by atoms with Crippen LogP contribution < -0.4 is 5.32 Å². The highest BCUT2D eigenvalue weighted by molar-refractivity contribution is 5.78. The number of nitrogens with one attached hydrogen (secondary N) is 1. The van der Waals surface area contributed by atoms with Crippen molar-refractivity contribution in [2.45, 2.75) is 39.2 Å². The maximum atomic E-state index is 13.7. The minimum atomic E-state index is -2.95. The molecular weight excluding hydrogens is 250 g/mol. The van der Waals surface area contributed by atoms with Crippen molar-refractivity contribution in [2.75, 3.05) is 7.05 Å². The Hall–Kier alpha value is -1.49. The minimum absolute atomic E-state index is 0.0680. The fraction of sp³-hybridized carbons (Fsp3) is 0.500. The number of nitrogens with zero attached hydrogens (tertiary/aromatic N) is 1. The molecule has 0 radical (unpaired) electrons. The van der Waals surface area contributed by atoms with E-state index >= 15 is 0 Å². The maximum absolute atomic E-state index is 13.7. The third-order valence-corrected chi connectivity index (χ3v) is 2.91. The van der Waals surface area contributed by atoms with Gasteiger partial charge < -0.3 is 9.73 Å². The second-order valence-electron chi connectivity index (χ2n) is 5.12. The van der Waals surface area contributed by atoms with Crippen molar-refractivity contribution in [1.29, 1.82) is 0 Å². The first-order valence-electron chi connectivity index (χ1n) is 6.29. The van der Waals surface area contributed by atoms with Crippen LogP contribution in [0, 0.1) is 0 Å².